The van der Waals surface area contributed by atoms with Crippen LogP contribution in [0.15, 0.2) is 72.8 Å². The lowest BCUT2D eigenvalue weighted by Gasteiger charge is -2.09. The summed E-state index contributed by atoms with van der Waals surface area (Å²) in [4.78, 5) is 33.3. The van der Waals surface area contributed by atoms with Crippen molar-refractivity contribution in [2.75, 3.05) is 26.1 Å². The maximum absolute atomic E-state index is 12.9. The fourth-order valence-electron chi connectivity index (χ4n) is 3.08. The summed E-state index contributed by atoms with van der Waals surface area (Å²) in [6.45, 7) is -0.553. The maximum Gasteiger partial charge on any atom is 0.357 e. The van der Waals surface area contributed by atoms with Crippen LogP contribution in [0.3, 0.4) is 0 Å². The van der Waals surface area contributed by atoms with Gasteiger partial charge in [0.1, 0.15) is 0 Å². The number of ether oxygens (including phenoxy) is 3. The number of esters is 1. The Morgan fingerprint density at radius 3 is 2.12 bits per heavy atom. The Morgan fingerprint density at radius 2 is 1.50 bits per heavy atom. The summed E-state index contributed by atoms with van der Waals surface area (Å²) in [5, 5.41) is 7.03. The Morgan fingerprint density at radius 1 is 0.882 bits per heavy atom. The number of carbonyl (C=O) groups excluding carboxylic acids is 2. The molecule has 4 aromatic rings. The topological polar surface area (TPSA) is 117 Å². The van der Waals surface area contributed by atoms with Gasteiger partial charge < -0.3 is 14.2 Å². The van der Waals surface area contributed by atoms with Crippen LogP contribution in [0.25, 0.3) is 16.9 Å². The van der Waals surface area contributed by atoms with Crippen molar-refractivity contribution >= 4 is 17.8 Å². The SMILES string of the molecule is COc1cc(OC)nc(NC(=O)COC(=O)c2cc(-c3ccccc3)nn2-c2ccccc2)n1. The Balaban J connectivity index is 1.51. The number of hydrogen-bond acceptors (Lipinski definition) is 8. The van der Waals surface area contributed by atoms with Gasteiger partial charge in [0.15, 0.2) is 12.3 Å². The highest BCUT2D eigenvalue weighted by molar-refractivity contribution is 5.94. The molecule has 172 valence electrons. The molecule has 0 spiro atoms. The van der Waals surface area contributed by atoms with Crippen LogP contribution in [-0.2, 0) is 9.53 Å². The lowest BCUT2D eigenvalue weighted by Crippen LogP contribution is -2.23. The molecule has 2 aromatic heterocycles. The number of amides is 1. The number of aromatic nitrogens is 4. The number of hydrogen-bond donors (Lipinski definition) is 1. The monoisotopic (exact) mass is 459 g/mol. The molecule has 0 atom stereocenters. The van der Waals surface area contributed by atoms with Crippen LogP contribution < -0.4 is 14.8 Å². The van der Waals surface area contributed by atoms with Crippen molar-refractivity contribution in [2.45, 2.75) is 0 Å². The van der Waals surface area contributed by atoms with E-state index in [-0.39, 0.29) is 23.4 Å². The molecule has 0 fully saturated rings. The summed E-state index contributed by atoms with van der Waals surface area (Å²) in [6.07, 6.45) is 0. The zero-order valence-electron chi connectivity index (χ0n) is 18.5. The van der Waals surface area contributed by atoms with Crippen LogP contribution >= 0.6 is 0 Å². The summed E-state index contributed by atoms with van der Waals surface area (Å²) in [7, 11) is 2.85. The molecule has 4 rings (SSSR count). The molecule has 0 aliphatic carbocycles. The lowest BCUT2D eigenvalue weighted by atomic mass is 10.1. The second-order valence-electron chi connectivity index (χ2n) is 6.93. The van der Waals surface area contributed by atoms with Gasteiger partial charge in [0.25, 0.3) is 5.91 Å². The summed E-state index contributed by atoms with van der Waals surface area (Å²) in [5.41, 5.74) is 2.29. The smallest absolute Gasteiger partial charge is 0.357 e. The first-order chi connectivity index (χ1) is 16.6. The second-order valence-corrected chi connectivity index (χ2v) is 6.93. The van der Waals surface area contributed by atoms with Crippen molar-refractivity contribution in [1.29, 1.82) is 0 Å². The number of anilines is 1. The van der Waals surface area contributed by atoms with Crippen molar-refractivity contribution in [2.24, 2.45) is 0 Å². The molecule has 0 aliphatic heterocycles. The average molecular weight is 459 g/mol. The van der Waals surface area contributed by atoms with Crippen LogP contribution in [0.1, 0.15) is 10.5 Å². The standard InChI is InChI=1S/C24H21N5O5/c1-32-21-14-22(33-2)27-24(26-21)25-20(30)15-34-23(31)19-13-18(16-9-5-3-6-10-16)28-29(19)17-11-7-4-8-12-17/h3-14H,15H2,1-2H3,(H,25,26,27,30). The van der Waals surface area contributed by atoms with Crippen molar-refractivity contribution in [1.82, 2.24) is 19.7 Å². The highest BCUT2D eigenvalue weighted by Crippen LogP contribution is 2.22. The zero-order chi connectivity index (χ0) is 23.9. The van der Waals surface area contributed by atoms with Crippen LogP contribution in [0.4, 0.5) is 5.95 Å². The predicted molar refractivity (Wildman–Crippen MR) is 123 cm³/mol. The van der Waals surface area contributed by atoms with Gasteiger partial charge in [-0.2, -0.15) is 15.1 Å². The van der Waals surface area contributed by atoms with E-state index in [1.165, 1.54) is 25.0 Å². The molecule has 2 heterocycles. The molecule has 0 radical (unpaired) electrons. The van der Waals surface area contributed by atoms with E-state index in [4.69, 9.17) is 14.2 Å². The Bertz CT molecular complexity index is 1270. The summed E-state index contributed by atoms with van der Waals surface area (Å²) < 4.78 is 16.8. The predicted octanol–water partition coefficient (Wildman–Crippen LogP) is 3.14. The van der Waals surface area contributed by atoms with Gasteiger partial charge in [0.05, 0.1) is 31.7 Å². The molecule has 0 saturated heterocycles. The fourth-order valence-corrected chi connectivity index (χ4v) is 3.08. The number of para-hydroxylation sites is 1. The first-order valence-corrected chi connectivity index (χ1v) is 10.2. The van der Waals surface area contributed by atoms with E-state index in [1.807, 2.05) is 60.7 Å². The second kappa shape index (κ2) is 10.3. The molecule has 1 amide bonds. The third-order valence-corrected chi connectivity index (χ3v) is 4.67. The maximum atomic E-state index is 12.9. The van der Waals surface area contributed by atoms with Crippen molar-refractivity contribution < 1.29 is 23.8 Å². The zero-order valence-corrected chi connectivity index (χ0v) is 18.5. The van der Waals surface area contributed by atoms with E-state index in [0.29, 0.717) is 11.4 Å². The Labute approximate surface area is 195 Å². The van der Waals surface area contributed by atoms with Crippen LogP contribution in [-0.4, -0.2) is 52.5 Å². The molecule has 10 nitrogen and oxygen atoms in total. The molecule has 10 heteroatoms. The van der Waals surface area contributed by atoms with E-state index in [0.717, 1.165) is 5.56 Å². The van der Waals surface area contributed by atoms with Gasteiger partial charge in [-0.05, 0) is 18.2 Å². The van der Waals surface area contributed by atoms with E-state index in [1.54, 1.807) is 6.07 Å². The number of nitrogens with zero attached hydrogens (tertiary/aromatic N) is 4. The van der Waals surface area contributed by atoms with Crippen LogP contribution in [0.2, 0.25) is 0 Å². The van der Waals surface area contributed by atoms with E-state index < -0.39 is 18.5 Å². The van der Waals surface area contributed by atoms with E-state index >= 15 is 0 Å². The molecule has 0 aliphatic rings. The van der Waals surface area contributed by atoms with Gasteiger partial charge in [0.2, 0.25) is 17.7 Å². The third-order valence-electron chi connectivity index (χ3n) is 4.67. The van der Waals surface area contributed by atoms with E-state index in [2.05, 4.69) is 20.4 Å². The van der Waals surface area contributed by atoms with Gasteiger partial charge in [-0.3, -0.25) is 10.1 Å². The molecular formula is C24H21N5O5. The highest BCUT2D eigenvalue weighted by atomic mass is 16.5. The van der Waals surface area contributed by atoms with Gasteiger partial charge in [0, 0.05) is 5.56 Å². The van der Waals surface area contributed by atoms with Crippen LogP contribution in [0.5, 0.6) is 11.8 Å². The minimum absolute atomic E-state index is 0.0436. The normalized spacial score (nSPS) is 10.4. The van der Waals surface area contributed by atoms with Crippen LogP contribution in [0, 0.1) is 0 Å². The lowest BCUT2D eigenvalue weighted by molar-refractivity contribution is -0.119. The fraction of sp³-hybridized carbons (Fsp3) is 0.125. The molecule has 34 heavy (non-hydrogen) atoms. The Hall–Kier alpha value is -4.73. The first kappa shape index (κ1) is 22.5. The van der Waals surface area contributed by atoms with Crippen molar-refractivity contribution in [3.63, 3.8) is 0 Å². The minimum Gasteiger partial charge on any atom is -0.481 e. The summed E-state index contributed by atoms with van der Waals surface area (Å²) >= 11 is 0. The van der Waals surface area contributed by atoms with Gasteiger partial charge >= 0.3 is 5.97 Å². The summed E-state index contributed by atoms with van der Waals surface area (Å²) in [5.74, 6) is -0.966. The number of methoxy groups -OCH3 is 2. The average Bonchev–Trinajstić information content (AvgIpc) is 3.34. The Kier molecular flexibility index (Phi) is 6.78. The van der Waals surface area contributed by atoms with Crippen molar-refractivity contribution in [3.8, 4) is 28.7 Å². The molecule has 0 bridgehead atoms. The third kappa shape index (κ3) is 5.18. The van der Waals surface area contributed by atoms with Crippen molar-refractivity contribution in [3.05, 3.63) is 78.5 Å². The van der Waals surface area contributed by atoms with Gasteiger partial charge in [-0.25, -0.2) is 9.48 Å². The molecular weight excluding hydrogens is 438 g/mol. The molecule has 1 N–H and O–H groups in total. The van der Waals surface area contributed by atoms with Gasteiger partial charge in [-0.15, -0.1) is 0 Å². The molecule has 0 saturated carbocycles. The number of rotatable bonds is 8. The minimum atomic E-state index is -0.710. The highest BCUT2D eigenvalue weighted by Gasteiger charge is 2.20. The summed E-state index contributed by atoms with van der Waals surface area (Å²) in [6, 6.07) is 21.7. The van der Waals surface area contributed by atoms with E-state index in [9.17, 15) is 9.59 Å². The number of nitrogens with one attached hydrogen (secondary N) is 1. The quantitative estimate of drug-likeness (QED) is 0.399. The number of carbonyl (C=O) groups is 2. The number of benzene rings is 2. The molecule has 0 unspecified atom stereocenters. The first-order valence-electron chi connectivity index (χ1n) is 10.2. The molecule has 2 aromatic carbocycles. The largest absolute Gasteiger partial charge is 0.481 e. The van der Waals surface area contributed by atoms with Gasteiger partial charge in [-0.1, -0.05) is 48.5 Å².